The quantitative estimate of drug-likeness (QED) is 0.630. The van der Waals surface area contributed by atoms with Crippen LogP contribution in [0.1, 0.15) is 12.0 Å². The molecule has 1 amide bonds. The molecule has 1 unspecified atom stereocenters. The highest BCUT2D eigenvalue weighted by Crippen LogP contribution is 2.31. The Morgan fingerprint density at radius 2 is 2.09 bits per heavy atom. The van der Waals surface area contributed by atoms with Crippen LogP contribution in [0.3, 0.4) is 0 Å². The van der Waals surface area contributed by atoms with Gasteiger partial charge in [0.15, 0.2) is 0 Å². The van der Waals surface area contributed by atoms with Crippen molar-refractivity contribution in [3.8, 4) is 5.75 Å². The lowest BCUT2D eigenvalue weighted by Gasteiger charge is -2.18. The molecule has 1 aromatic carbocycles. The number of rotatable bonds is 5. The van der Waals surface area contributed by atoms with Gasteiger partial charge in [-0.1, -0.05) is 0 Å². The lowest BCUT2D eigenvalue weighted by molar-refractivity contribution is -0.136. The number of ether oxygens (including phenoxy) is 2. The van der Waals surface area contributed by atoms with Crippen LogP contribution in [0, 0.1) is 0 Å². The third kappa shape index (κ3) is 3.86. The van der Waals surface area contributed by atoms with Gasteiger partial charge in [0.1, 0.15) is 10.8 Å². The highest BCUT2D eigenvalue weighted by atomic mass is 32.2. The molecule has 1 heterocycles. The van der Waals surface area contributed by atoms with E-state index in [1.54, 1.807) is 31.4 Å². The van der Waals surface area contributed by atoms with Crippen LogP contribution in [0.15, 0.2) is 29.4 Å². The van der Waals surface area contributed by atoms with E-state index in [4.69, 9.17) is 14.6 Å². The second-order valence-corrected chi connectivity index (χ2v) is 5.63. The molecule has 0 spiro atoms. The van der Waals surface area contributed by atoms with E-state index >= 15 is 0 Å². The van der Waals surface area contributed by atoms with Crippen molar-refractivity contribution in [2.24, 2.45) is 5.10 Å². The predicted molar refractivity (Wildman–Crippen MR) is 85.3 cm³/mol. The average Bonchev–Trinajstić information content (AvgIpc) is 2.90. The van der Waals surface area contributed by atoms with E-state index in [1.165, 1.54) is 0 Å². The van der Waals surface area contributed by atoms with Crippen LogP contribution in [0.5, 0.6) is 5.75 Å². The van der Waals surface area contributed by atoms with Gasteiger partial charge in [-0.05, 0) is 41.8 Å². The van der Waals surface area contributed by atoms with Crippen LogP contribution in [-0.2, 0) is 9.53 Å². The Balaban J connectivity index is 2.22. The summed E-state index contributed by atoms with van der Waals surface area (Å²) < 4.78 is 9.78. The molecule has 118 valence electrons. The van der Waals surface area contributed by atoms with E-state index in [-0.39, 0.29) is 12.3 Å². The van der Waals surface area contributed by atoms with Crippen LogP contribution in [0.2, 0.25) is 0 Å². The first-order chi connectivity index (χ1) is 10.5. The van der Waals surface area contributed by atoms with Crippen molar-refractivity contribution >= 4 is 41.5 Å². The minimum Gasteiger partial charge on any atom is -0.497 e. The second kappa shape index (κ2) is 7.41. The smallest absolute Gasteiger partial charge is 0.497 e. The number of carboxylic acid groups (broad SMARTS) is 1. The first-order valence-corrected chi connectivity index (χ1v) is 7.78. The predicted octanol–water partition coefficient (Wildman–Crippen LogP) is 2.23. The Hall–Kier alpha value is -1.87. The molecular weight excluding hydrogens is 328 g/mol. The number of hydrogen-bond acceptors (Lipinski definition) is 7. The maximum absolute atomic E-state index is 12.0. The van der Waals surface area contributed by atoms with Crippen LogP contribution < -0.4 is 4.74 Å². The van der Waals surface area contributed by atoms with Gasteiger partial charge in [-0.2, -0.15) is 22.7 Å². The van der Waals surface area contributed by atoms with Gasteiger partial charge in [0.25, 0.3) is 5.56 Å². The standard InChI is InChI=1S/C13H14N2O5S2/c1-19-9-4-2-8(3-5-9)11-14-15(10(16)6-7-21)12(22-11)20-13(17)18/h2-5,12,21H,6-7H2,1H3,(H,17,18). The van der Waals surface area contributed by atoms with Crippen LogP contribution >= 0.6 is 24.4 Å². The Bertz CT molecular complexity index is 591. The summed E-state index contributed by atoms with van der Waals surface area (Å²) in [6.07, 6.45) is -1.32. The highest BCUT2D eigenvalue weighted by Gasteiger charge is 2.35. The number of carbonyl (C=O) groups is 2. The molecule has 0 radical (unpaired) electrons. The molecule has 2 rings (SSSR count). The Kier molecular flexibility index (Phi) is 5.56. The molecule has 7 nitrogen and oxygen atoms in total. The molecule has 1 aliphatic heterocycles. The molecule has 22 heavy (non-hydrogen) atoms. The van der Waals surface area contributed by atoms with Crippen LogP contribution in [0.25, 0.3) is 0 Å². The van der Waals surface area contributed by atoms with Gasteiger partial charge in [-0.3, -0.25) is 4.79 Å². The fraction of sp³-hybridized carbons (Fsp3) is 0.308. The van der Waals surface area contributed by atoms with Crippen LogP contribution in [0.4, 0.5) is 4.79 Å². The summed E-state index contributed by atoms with van der Waals surface area (Å²) in [5, 5.41) is 14.5. The monoisotopic (exact) mass is 342 g/mol. The summed E-state index contributed by atoms with van der Waals surface area (Å²) >= 11 is 5.05. The van der Waals surface area contributed by atoms with Crippen molar-refractivity contribution in [3.05, 3.63) is 29.8 Å². The first-order valence-electron chi connectivity index (χ1n) is 6.27. The fourth-order valence-corrected chi connectivity index (χ4v) is 2.90. The van der Waals surface area contributed by atoms with E-state index in [0.29, 0.717) is 16.5 Å². The number of hydrazone groups is 1. The van der Waals surface area contributed by atoms with E-state index in [0.717, 1.165) is 22.3 Å². The normalized spacial score (nSPS) is 17.1. The molecule has 0 aromatic heterocycles. The molecule has 1 aliphatic rings. The zero-order chi connectivity index (χ0) is 16.1. The molecule has 1 aromatic rings. The molecule has 0 saturated heterocycles. The fourth-order valence-electron chi connectivity index (χ4n) is 1.72. The number of amides is 1. The Morgan fingerprint density at radius 1 is 1.41 bits per heavy atom. The average molecular weight is 342 g/mol. The summed E-state index contributed by atoms with van der Waals surface area (Å²) in [4.78, 5) is 22.7. The summed E-state index contributed by atoms with van der Waals surface area (Å²) in [6, 6.07) is 7.05. The summed E-state index contributed by atoms with van der Waals surface area (Å²) in [7, 11) is 1.56. The first kappa shape index (κ1) is 16.5. The number of carbonyl (C=O) groups excluding carboxylic acids is 1. The molecule has 0 saturated carbocycles. The number of thiol groups is 1. The number of nitrogens with zero attached hydrogens (tertiary/aromatic N) is 2. The zero-order valence-electron chi connectivity index (χ0n) is 11.6. The molecule has 9 heteroatoms. The van der Waals surface area contributed by atoms with Gasteiger partial charge in [-0.25, -0.2) is 4.79 Å². The third-order valence-corrected chi connectivity index (χ3v) is 3.99. The minimum absolute atomic E-state index is 0.141. The highest BCUT2D eigenvalue weighted by molar-refractivity contribution is 8.15. The van der Waals surface area contributed by atoms with E-state index in [9.17, 15) is 9.59 Å². The van der Waals surface area contributed by atoms with Crippen molar-refractivity contribution in [1.82, 2.24) is 5.01 Å². The summed E-state index contributed by atoms with van der Waals surface area (Å²) in [5.74, 6) is 0.679. The van der Waals surface area contributed by atoms with Gasteiger partial charge in [-0.15, -0.1) is 0 Å². The molecule has 1 N–H and O–H groups in total. The minimum atomic E-state index is -1.47. The number of methoxy groups -OCH3 is 1. The molecule has 0 fully saturated rings. The molecular formula is C13H14N2O5S2. The number of hydrogen-bond donors (Lipinski definition) is 2. The Morgan fingerprint density at radius 3 is 2.64 bits per heavy atom. The zero-order valence-corrected chi connectivity index (χ0v) is 13.3. The molecule has 1 atom stereocenters. The van der Waals surface area contributed by atoms with Gasteiger partial charge in [0.05, 0.1) is 7.11 Å². The van der Waals surface area contributed by atoms with Crippen molar-refractivity contribution in [3.63, 3.8) is 0 Å². The maximum Gasteiger partial charge on any atom is 0.508 e. The van der Waals surface area contributed by atoms with E-state index in [2.05, 4.69) is 17.7 Å². The van der Waals surface area contributed by atoms with Gasteiger partial charge < -0.3 is 14.6 Å². The molecule has 0 aliphatic carbocycles. The topological polar surface area (TPSA) is 88.4 Å². The Labute approximate surface area is 136 Å². The van der Waals surface area contributed by atoms with Gasteiger partial charge in [0.2, 0.25) is 5.91 Å². The SMILES string of the molecule is COc1ccc(C2=NN(C(=O)CCS)C(OC(=O)O)S2)cc1. The van der Waals surface area contributed by atoms with Crippen molar-refractivity contribution < 1.29 is 24.2 Å². The lowest BCUT2D eigenvalue weighted by Crippen LogP contribution is -2.34. The van der Waals surface area contributed by atoms with Crippen LogP contribution in [-0.4, -0.2) is 45.6 Å². The summed E-state index contributed by atoms with van der Waals surface area (Å²) in [6.45, 7) is 0. The number of thioether (sulfide) groups is 1. The largest absolute Gasteiger partial charge is 0.508 e. The summed E-state index contributed by atoms with van der Waals surface area (Å²) in [5.41, 5.74) is -0.284. The van der Waals surface area contributed by atoms with Crippen molar-refractivity contribution in [2.45, 2.75) is 12.0 Å². The van der Waals surface area contributed by atoms with Gasteiger partial charge >= 0.3 is 6.16 Å². The van der Waals surface area contributed by atoms with E-state index in [1.807, 2.05) is 0 Å². The molecule has 0 bridgehead atoms. The van der Waals surface area contributed by atoms with Gasteiger partial charge in [0, 0.05) is 12.0 Å². The van der Waals surface area contributed by atoms with Crippen molar-refractivity contribution in [1.29, 1.82) is 0 Å². The number of benzene rings is 1. The van der Waals surface area contributed by atoms with E-state index < -0.39 is 11.7 Å². The lowest BCUT2D eigenvalue weighted by atomic mass is 10.2. The maximum atomic E-state index is 12.0. The third-order valence-electron chi connectivity index (χ3n) is 2.73. The van der Waals surface area contributed by atoms with Crippen molar-refractivity contribution in [2.75, 3.05) is 12.9 Å². The second-order valence-electron chi connectivity index (χ2n) is 4.15.